The van der Waals surface area contributed by atoms with Crippen LogP contribution in [0.5, 0.6) is 11.5 Å². The Morgan fingerprint density at radius 1 is 0.788 bits per heavy atom. The maximum Gasteiger partial charge on any atom is 0.254 e. The van der Waals surface area contributed by atoms with Crippen molar-refractivity contribution in [2.75, 3.05) is 45.7 Å². The minimum absolute atomic E-state index is 0.117. The summed E-state index contributed by atoms with van der Waals surface area (Å²) in [6.45, 7) is 7.18. The highest BCUT2D eigenvalue weighted by atomic mass is 16.5. The first-order valence-electron chi connectivity index (χ1n) is 10.9. The summed E-state index contributed by atoms with van der Waals surface area (Å²) in [7, 11) is 3.08. The average Bonchev–Trinajstić information content (AvgIpc) is 2.82. The minimum Gasteiger partial charge on any atom is -0.497 e. The van der Waals surface area contributed by atoms with E-state index in [2.05, 4.69) is 5.32 Å². The fourth-order valence-corrected chi connectivity index (χ4v) is 3.46. The molecule has 3 amide bonds. The molecule has 1 fully saturated rings. The van der Waals surface area contributed by atoms with E-state index < -0.39 is 5.41 Å². The van der Waals surface area contributed by atoms with Crippen LogP contribution in [0.2, 0.25) is 0 Å². The molecule has 1 N–H and O–H groups in total. The third-order valence-electron chi connectivity index (χ3n) is 5.50. The number of nitrogens with one attached hydrogen (secondary N) is 1. The highest BCUT2D eigenvalue weighted by molar-refractivity contribution is 5.99. The molecule has 0 aromatic heterocycles. The Hall–Kier alpha value is -3.55. The van der Waals surface area contributed by atoms with Gasteiger partial charge >= 0.3 is 0 Å². The summed E-state index contributed by atoms with van der Waals surface area (Å²) in [5, 5.41) is 2.86. The van der Waals surface area contributed by atoms with Crippen molar-refractivity contribution in [3.05, 3.63) is 53.6 Å². The maximum absolute atomic E-state index is 13.0. The van der Waals surface area contributed by atoms with Crippen molar-refractivity contribution >= 4 is 23.4 Å². The molecule has 33 heavy (non-hydrogen) atoms. The fourth-order valence-electron chi connectivity index (χ4n) is 3.46. The Kier molecular flexibility index (Phi) is 7.26. The lowest BCUT2D eigenvalue weighted by Gasteiger charge is -2.35. The van der Waals surface area contributed by atoms with E-state index in [1.54, 1.807) is 52.3 Å². The molecule has 0 saturated carbocycles. The lowest BCUT2D eigenvalue weighted by Crippen LogP contribution is -2.50. The Morgan fingerprint density at radius 2 is 1.30 bits per heavy atom. The minimum atomic E-state index is -0.532. The second-order valence-corrected chi connectivity index (χ2v) is 8.97. The Bertz CT molecular complexity index is 1010. The number of hydrogen-bond donors (Lipinski definition) is 1. The molecule has 0 aliphatic carbocycles. The van der Waals surface area contributed by atoms with Gasteiger partial charge in [0.2, 0.25) is 5.91 Å². The van der Waals surface area contributed by atoms with Crippen molar-refractivity contribution in [1.29, 1.82) is 0 Å². The summed E-state index contributed by atoms with van der Waals surface area (Å²) in [4.78, 5) is 41.7. The second kappa shape index (κ2) is 9.94. The van der Waals surface area contributed by atoms with Crippen LogP contribution in [0.3, 0.4) is 0 Å². The highest BCUT2D eigenvalue weighted by Crippen LogP contribution is 2.24. The van der Waals surface area contributed by atoms with Gasteiger partial charge in [0.05, 0.1) is 14.2 Å². The summed E-state index contributed by atoms with van der Waals surface area (Å²) in [5.41, 5.74) is 1.03. The van der Waals surface area contributed by atoms with Gasteiger partial charge in [-0.05, 0) is 30.3 Å². The van der Waals surface area contributed by atoms with Crippen LogP contribution >= 0.6 is 0 Å². The van der Waals surface area contributed by atoms with E-state index in [4.69, 9.17) is 9.47 Å². The quantitative estimate of drug-likeness (QED) is 0.751. The fraction of sp³-hybridized carbons (Fsp3) is 0.400. The molecule has 0 atom stereocenters. The van der Waals surface area contributed by atoms with Crippen molar-refractivity contribution in [3.8, 4) is 11.5 Å². The molecule has 0 unspecified atom stereocenters. The molecule has 1 heterocycles. The number of carbonyl (C=O) groups is 3. The molecule has 0 bridgehead atoms. The molecule has 2 aromatic rings. The van der Waals surface area contributed by atoms with Crippen molar-refractivity contribution < 1.29 is 23.9 Å². The molecule has 2 aromatic carbocycles. The zero-order chi connectivity index (χ0) is 24.2. The van der Waals surface area contributed by atoms with Crippen LogP contribution in [0.15, 0.2) is 42.5 Å². The van der Waals surface area contributed by atoms with Gasteiger partial charge < -0.3 is 24.6 Å². The van der Waals surface area contributed by atoms with E-state index in [9.17, 15) is 14.4 Å². The molecule has 0 radical (unpaired) electrons. The molecule has 176 valence electrons. The summed E-state index contributed by atoms with van der Waals surface area (Å²) in [6, 6.07) is 12.0. The molecule has 0 spiro atoms. The molecule has 1 aliphatic heterocycles. The van der Waals surface area contributed by atoms with Crippen LogP contribution in [0.4, 0.5) is 5.69 Å². The summed E-state index contributed by atoms with van der Waals surface area (Å²) in [5.74, 6) is 0.714. The van der Waals surface area contributed by atoms with Crippen molar-refractivity contribution in [3.63, 3.8) is 0 Å². The monoisotopic (exact) mass is 453 g/mol. The van der Waals surface area contributed by atoms with E-state index in [0.29, 0.717) is 54.5 Å². The third-order valence-corrected chi connectivity index (χ3v) is 5.50. The van der Waals surface area contributed by atoms with Crippen molar-refractivity contribution in [1.82, 2.24) is 9.80 Å². The topological polar surface area (TPSA) is 88.2 Å². The van der Waals surface area contributed by atoms with E-state index >= 15 is 0 Å². The summed E-state index contributed by atoms with van der Waals surface area (Å²) >= 11 is 0. The zero-order valence-electron chi connectivity index (χ0n) is 19.8. The van der Waals surface area contributed by atoms with Crippen LogP contribution in [0.1, 0.15) is 41.5 Å². The first-order chi connectivity index (χ1) is 15.6. The number of benzene rings is 2. The lowest BCUT2D eigenvalue weighted by molar-refractivity contribution is -0.123. The number of rotatable bonds is 5. The standard InChI is InChI=1S/C25H31N3O5/c1-25(2,3)24(31)26-19-8-6-7-17(13-19)22(29)27-9-11-28(12-10-27)23(30)18-14-20(32-4)16-21(15-18)33-5/h6-8,13-16H,9-12H2,1-5H3,(H,26,31). The number of anilines is 1. The zero-order valence-corrected chi connectivity index (χ0v) is 19.8. The number of nitrogens with zero attached hydrogens (tertiary/aromatic N) is 2. The Morgan fingerprint density at radius 3 is 1.79 bits per heavy atom. The second-order valence-electron chi connectivity index (χ2n) is 8.97. The van der Waals surface area contributed by atoms with Gasteiger partial charge in [0.15, 0.2) is 0 Å². The molecular formula is C25H31N3O5. The van der Waals surface area contributed by atoms with E-state index in [-0.39, 0.29) is 17.7 Å². The normalized spacial score (nSPS) is 14.0. The molecule has 8 heteroatoms. The average molecular weight is 454 g/mol. The van der Waals surface area contributed by atoms with E-state index in [1.165, 1.54) is 14.2 Å². The molecule has 3 rings (SSSR count). The third kappa shape index (κ3) is 5.83. The van der Waals surface area contributed by atoms with Crippen LogP contribution in [-0.4, -0.2) is 67.9 Å². The van der Waals surface area contributed by atoms with Gasteiger partial charge in [-0.15, -0.1) is 0 Å². The molecule has 1 aliphatic rings. The van der Waals surface area contributed by atoms with Crippen LogP contribution < -0.4 is 14.8 Å². The van der Waals surface area contributed by atoms with E-state index in [0.717, 1.165) is 0 Å². The van der Waals surface area contributed by atoms with Gasteiger partial charge in [-0.1, -0.05) is 26.8 Å². The van der Waals surface area contributed by atoms with Crippen molar-refractivity contribution in [2.24, 2.45) is 5.41 Å². The Balaban J connectivity index is 1.64. The number of amides is 3. The van der Waals surface area contributed by atoms with Gasteiger partial charge in [0.25, 0.3) is 11.8 Å². The van der Waals surface area contributed by atoms with Gasteiger partial charge in [0.1, 0.15) is 11.5 Å². The highest BCUT2D eigenvalue weighted by Gasteiger charge is 2.27. The lowest BCUT2D eigenvalue weighted by atomic mass is 9.95. The first kappa shape index (κ1) is 24.1. The van der Waals surface area contributed by atoms with Crippen LogP contribution in [0, 0.1) is 5.41 Å². The molecule has 8 nitrogen and oxygen atoms in total. The SMILES string of the molecule is COc1cc(OC)cc(C(=O)N2CCN(C(=O)c3cccc(NC(=O)C(C)(C)C)c3)CC2)c1. The summed E-state index contributed by atoms with van der Waals surface area (Å²) in [6.07, 6.45) is 0. The van der Waals surface area contributed by atoms with Gasteiger partial charge in [-0.3, -0.25) is 14.4 Å². The number of piperazine rings is 1. The van der Waals surface area contributed by atoms with E-state index in [1.807, 2.05) is 20.8 Å². The molecule has 1 saturated heterocycles. The smallest absolute Gasteiger partial charge is 0.254 e. The largest absolute Gasteiger partial charge is 0.497 e. The van der Waals surface area contributed by atoms with Crippen molar-refractivity contribution in [2.45, 2.75) is 20.8 Å². The maximum atomic E-state index is 13.0. The number of methoxy groups -OCH3 is 2. The van der Waals surface area contributed by atoms with Gasteiger partial charge in [0, 0.05) is 54.5 Å². The van der Waals surface area contributed by atoms with Gasteiger partial charge in [-0.25, -0.2) is 0 Å². The van der Waals surface area contributed by atoms with Crippen LogP contribution in [-0.2, 0) is 4.79 Å². The summed E-state index contributed by atoms with van der Waals surface area (Å²) < 4.78 is 10.5. The Labute approximate surface area is 194 Å². The first-order valence-corrected chi connectivity index (χ1v) is 10.9. The number of carbonyl (C=O) groups excluding carboxylic acids is 3. The molecular weight excluding hydrogens is 422 g/mol. The number of ether oxygens (including phenoxy) is 2. The predicted octanol–water partition coefficient (Wildman–Crippen LogP) is 3.29. The number of hydrogen-bond acceptors (Lipinski definition) is 5. The predicted molar refractivity (Wildman–Crippen MR) is 126 cm³/mol. The van der Waals surface area contributed by atoms with Gasteiger partial charge in [-0.2, -0.15) is 0 Å². The van der Waals surface area contributed by atoms with Crippen LogP contribution in [0.25, 0.3) is 0 Å².